The fourth-order valence-electron chi connectivity index (χ4n) is 3.99. The summed E-state index contributed by atoms with van der Waals surface area (Å²) >= 11 is 1.48. The zero-order valence-corrected chi connectivity index (χ0v) is 20.6. The van der Waals surface area contributed by atoms with Crippen molar-refractivity contribution in [1.29, 1.82) is 0 Å². The van der Waals surface area contributed by atoms with Crippen LogP contribution in [-0.2, 0) is 17.9 Å². The molecule has 8 heteroatoms. The van der Waals surface area contributed by atoms with Crippen molar-refractivity contribution in [3.05, 3.63) is 75.5 Å². The number of aromatic amines is 1. The van der Waals surface area contributed by atoms with Crippen molar-refractivity contribution >= 4 is 21.6 Å². The van der Waals surface area contributed by atoms with Gasteiger partial charge >= 0.3 is 0 Å². The normalized spacial score (nSPS) is 12.8. The zero-order chi connectivity index (χ0) is 24.1. The van der Waals surface area contributed by atoms with Crippen molar-refractivity contribution in [2.45, 2.75) is 40.0 Å². The lowest BCUT2D eigenvalue weighted by Crippen LogP contribution is -2.37. The van der Waals surface area contributed by atoms with Gasteiger partial charge in [-0.05, 0) is 30.5 Å². The third-order valence-corrected chi connectivity index (χ3v) is 6.33. The molecule has 0 aliphatic carbocycles. The minimum Gasteiger partial charge on any atom is -0.467 e. The quantitative estimate of drug-likeness (QED) is 0.326. The van der Waals surface area contributed by atoms with Crippen LogP contribution in [0, 0.1) is 12.8 Å². The number of aliphatic hydroxyl groups is 1. The van der Waals surface area contributed by atoms with Crippen LogP contribution >= 0.6 is 11.3 Å². The molecule has 0 amide bonds. The van der Waals surface area contributed by atoms with E-state index < -0.39 is 6.10 Å². The summed E-state index contributed by atoms with van der Waals surface area (Å²) in [6.45, 7) is 8.42. The number of aliphatic hydroxyl groups excluding tert-OH is 1. The van der Waals surface area contributed by atoms with Gasteiger partial charge in [-0.15, -0.1) is 11.3 Å². The average molecular weight is 482 g/mol. The number of thiophene rings is 1. The number of aryl methyl sites for hydroxylation is 1. The fourth-order valence-corrected chi connectivity index (χ4v) is 4.95. The third kappa shape index (κ3) is 6.21. The standard InChI is InChI=1S/C26H31N3O4S/c1-17(2)11-29(12-20(30)14-32-15-21-5-4-10-33-21)13-23-27-25(31)24-22(16-34-26(24)28-23)19-8-6-18(3)7-9-19/h4-10,16-17,20,30H,11-15H2,1-3H3,(H,27,28,31)/t20-/m0/s1. The molecule has 0 saturated heterocycles. The average Bonchev–Trinajstić information content (AvgIpc) is 3.44. The highest BCUT2D eigenvalue weighted by atomic mass is 32.1. The molecule has 1 atom stereocenters. The summed E-state index contributed by atoms with van der Waals surface area (Å²) in [5.41, 5.74) is 2.96. The number of nitrogens with zero attached hydrogens (tertiary/aromatic N) is 2. The van der Waals surface area contributed by atoms with Crippen LogP contribution < -0.4 is 5.56 Å². The maximum absolute atomic E-state index is 13.0. The predicted molar refractivity (Wildman–Crippen MR) is 135 cm³/mol. The SMILES string of the molecule is Cc1ccc(-c2csc3nc(CN(CC(C)C)C[C@H](O)COCc4ccco4)[nH]c(=O)c23)cc1. The number of fused-ring (bicyclic) bond motifs is 1. The third-order valence-electron chi connectivity index (χ3n) is 5.46. The molecule has 0 spiro atoms. The highest BCUT2D eigenvalue weighted by Gasteiger charge is 2.18. The summed E-state index contributed by atoms with van der Waals surface area (Å²) in [6.07, 6.45) is 0.931. The summed E-state index contributed by atoms with van der Waals surface area (Å²) in [6, 6.07) is 11.8. The van der Waals surface area contributed by atoms with E-state index in [1.165, 1.54) is 16.9 Å². The molecule has 0 aliphatic rings. The number of benzene rings is 1. The number of nitrogens with one attached hydrogen (secondary N) is 1. The number of rotatable bonds is 11. The summed E-state index contributed by atoms with van der Waals surface area (Å²) in [5, 5.41) is 13.1. The second-order valence-electron chi connectivity index (χ2n) is 9.04. The Morgan fingerprint density at radius 1 is 1.21 bits per heavy atom. The molecule has 0 unspecified atom stereocenters. The van der Waals surface area contributed by atoms with E-state index in [1.807, 2.05) is 42.6 Å². The van der Waals surface area contributed by atoms with Crippen LogP contribution in [0.25, 0.3) is 21.3 Å². The Morgan fingerprint density at radius 2 is 2.00 bits per heavy atom. The molecule has 0 fully saturated rings. The topological polar surface area (TPSA) is 91.6 Å². The maximum Gasteiger partial charge on any atom is 0.260 e. The first-order chi connectivity index (χ1) is 16.4. The largest absolute Gasteiger partial charge is 0.467 e. The van der Waals surface area contributed by atoms with Gasteiger partial charge in [-0.2, -0.15) is 0 Å². The van der Waals surface area contributed by atoms with Crippen LogP contribution in [0.2, 0.25) is 0 Å². The van der Waals surface area contributed by atoms with Crippen molar-refractivity contribution in [2.24, 2.45) is 5.92 Å². The molecule has 4 aromatic rings. The van der Waals surface area contributed by atoms with Crippen molar-refractivity contribution < 1.29 is 14.3 Å². The number of aromatic nitrogens is 2. The van der Waals surface area contributed by atoms with E-state index in [9.17, 15) is 9.90 Å². The summed E-state index contributed by atoms with van der Waals surface area (Å²) in [5.74, 6) is 1.71. The van der Waals surface area contributed by atoms with E-state index in [0.717, 1.165) is 28.3 Å². The summed E-state index contributed by atoms with van der Waals surface area (Å²) in [4.78, 5) is 23.6. The molecule has 0 aliphatic heterocycles. The molecule has 0 saturated carbocycles. The Balaban J connectivity index is 1.46. The van der Waals surface area contributed by atoms with Crippen LogP contribution in [0.1, 0.15) is 31.0 Å². The number of hydrogen-bond donors (Lipinski definition) is 2. The van der Waals surface area contributed by atoms with Gasteiger partial charge in [0, 0.05) is 24.0 Å². The molecule has 1 aromatic carbocycles. The first-order valence-corrected chi connectivity index (χ1v) is 12.3. The molecular weight excluding hydrogens is 450 g/mol. The van der Waals surface area contributed by atoms with E-state index >= 15 is 0 Å². The predicted octanol–water partition coefficient (Wildman–Crippen LogP) is 4.59. The molecule has 34 heavy (non-hydrogen) atoms. The van der Waals surface area contributed by atoms with Crippen LogP contribution in [0.5, 0.6) is 0 Å². The highest BCUT2D eigenvalue weighted by Crippen LogP contribution is 2.30. The summed E-state index contributed by atoms with van der Waals surface area (Å²) in [7, 11) is 0. The van der Waals surface area contributed by atoms with Gasteiger partial charge in [0.2, 0.25) is 0 Å². The second kappa shape index (κ2) is 11.1. The first-order valence-electron chi connectivity index (χ1n) is 11.5. The molecule has 0 bridgehead atoms. The number of ether oxygens (including phenoxy) is 1. The van der Waals surface area contributed by atoms with Crippen molar-refractivity contribution in [3.8, 4) is 11.1 Å². The highest BCUT2D eigenvalue weighted by molar-refractivity contribution is 7.17. The van der Waals surface area contributed by atoms with Crippen LogP contribution in [0.4, 0.5) is 0 Å². The monoisotopic (exact) mass is 481 g/mol. The van der Waals surface area contributed by atoms with Gasteiger partial charge < -0.3 is 19.2 Å². The lowest BCUT2D eigenvalue weighted by molar-refractivity contribution is 0.00187. The molecule has 7 nitrogen and oxygen atoms in total. The first kappa shape index (κ1) is 24.3. The Morgan fingerprint density at radius 3 is 2.71 bits per heavy atom. The fraction of sp³-hybridized carbons (Fsp3) is 0.385. The van der Waals surface area contributed by atoms with Crippen molar-refractivity contribution in [1.82, 2.24) is 14.9 Å². The molecule has 2 N–H and O–H groups in total. The lowest BCUT2D eigenvalue weighted by Gasteiger charge is -2.26. The van der Waals surface area contributed by atoms with Gasteiger partial charge in [-0.3, -0.25) is 9.69 Å². The van der Waals surface area contributed by atoms with Gasteiger partial charge in [-0.25, -0.2) is 4.98 Å². The van der Waals surface area contributed by atoms with Crippen molar-refractivity contribution in [2.75, 3.05) is 19.7 Å². The minimum atomic E-state index is -0.668. The zero-order valence-electron chi connectivity index (χ0n) is 19.8. The van der Waals surface area contributed by atoms with Crippen molar-refractivity contribution in [3.63, 3.8) is 0 Å². The molecule has 3 heterocycles. The Labute approximate surface area is 203 Å². The van der Waals surface area contributed by atoms with Crippen LogP contribution in [-0.4, -0.2) is 45.8 Å². The molecule has 180 valence electrons. The minimum absolute atomic E-state index is 0.136. The Bertz CT molecular complexity index is 1250. The molecule has 3 aromatic heterocycles. The lowest BCUT2D eigenvalue weighted by atomic mass is 10.1. The Hall–Kier alpha value is -2.78. The Kier molecular flexibility index (Phi) is 7.95. The maximum atomic E-state index is 13.0. The summed E-state index contributed by atoms with van der Waals surface area (Å²) < 4.78 is 10.8. The number of hydrogen-bond acceptors (Lipinski definition) is 7. The van der Waals surface area contributed by atoms with E-state index in [-0.39, 0.29) is 12.2 Å². The molecule has 4 rings (SSSR count). The molecular formula is C26H31N3O4S. The van der Waals surface area contributed by atoms with Crippen LogP contribution in [0.15, 0.2) is 57.3 Å². The van der Waals surface area contributed by atoms with Crippen LogP contribution in [0.3, 0.4) is 0 Å². The van der Waals surface area contributed by atoms with Gasteiger partial charge in [-0.1, -0.05) is 43.7 Å². The van der Waals surface area contributed by atoms with Gasteiger partial charge in [0.15, 0.2) is 0 Å². The van der Waals surface area contributed by atoms with E-state index in [1.54, 1.807) is 12.3 Å². The van der Waals surface area contributed by atoms with E-state index in [0.29, 0.717) is 36.8 Å². The molecule has 0 radical (unpaired) electrons. The van der Waals surface area contributed by atoms with Gasteiger partial charge in [0.25, 0.3) is 5.56 Å². The van der Waals surface area contributed by atoms with Gasteiger partial charge in [0.05, 0.1) is 30.9 Å². The van der Waals surface area contributed by atoms with E-state index in [2.05, 4.69) is 23.7 Å². The second-order valence-corrected chi connectivity index (χ2v) is 9.90. The van der Waals surface area contributed by atoms with Gasteiger partial charge in [0.1, 0.15) is 23.0 Å². The number of furan rings is 1. The smallest absolute Gasteiger partial charge is 0.260 e. The number of H-pyrrole nitrogens is 1. The van der Waals surface area contributed by atoms with E-state index in [4.69, 9.17) is 14.1 Å².